The van der Waals surface area contributed by atoms with Gasteiger partial charge in [-0.3, -0.25) is 0 Å². The van der Waals surface area contributed by atoms with Crippen molar-refractivity contribution in [1.29, 1.82) is 5.26 Å². The molecule has 2 rings (SSSR count). The van der Waals surface area contributed by atoms with Crippen LogP contribution in [-0.4, -0.2) is 15.0 Å². The lowest BCUT2D eigenvalue weighted by Crippen LogP contribution is -1.90. The average molecular weight is 225 g/mol. The molecule has 0 spiro atoms. The zero-order valence-corrected chi connectivity index (χ0v) is 8.21. The van der Waals surface area contributed by atoms with Crippen LogP contribution in [0.4, 0.5) is 0 Å². The van der Waals surface area contributed by atoms with Crippen molar-refractivity contribution in [2.75, 3.05) is 0 Å². The summed E-state index contributed by atoms with van der Waals surface area (Å²) in [6.45, 7) is 0. The molecule has 0 atom stereocenters. The van der Waals surface area contributed by atoms with E-state index in [1.54, 1.807) is 6.07 Å². The first-order valence-corrected chi connectivity index (χ1v) is 4.35. The standard InChI is InChI=1S/C8H2Cl2N4/c9-6-5-1-4(2-11)3-12-7(5)14-8(10)13-6/h1,3H. The number of hydrogen-bond acceptors (Lipinski definition) is 4. The molecular formula is C8H2Cl2N4. The number of nitriles is 1. The third kappa shape index (κ3) is 1.48. The second kappa shape index (κ2) is 3.37. The molecule has 0 aliphatic heterocycles. The normalized spacial score (nSPS) is 10.1. The maximum Gasteiger partial charge on any atom is 0.225 e. The minimum absolute atomic E-state index is 0.0414. The molecule has 0 saturated heterocycles. The highest BCUT2D eigenvalue weighted by atomic mass is 35.5. The maximum absolute atomic E-state index is 8.64. The lowest BCUT2D eigenvalue weighted by molar-refractivity contribution is 1.18. The Morgan fingerprint density at radius 3 is 2.79 bits per heavy atom. The Hall–Kier alpha value is -1.44. The van der Waals surface area contributed by atoms with Gasteiger partial charge in [-0.15, -0.1) is 0 Å². The first-order chi connectivity index (χ1) is 6.70. The van der Waals surface area contributed by atoms with Crippen molar-refractivity contribution in [2.45, 2.75) is 0 Å². The van der Waals surface area contributed by atoms with Gasteiger partial charge in [0.05, 0.1) is 10.9 Å². The number of nitrogens with zero attached hydrogens (tertiary/aromatic N) is 4. The first kappa shape index (κ1) is 9.13. The van der Waals surface area contributed by atoms with E-state index in [-0.39, 0.29) is 10.4 Å². The molecule has 0 N–H and O–H groups in total. The molecule has 0 amide bonds. The van der Waals surface area contributed by atoms with Crippen LogP contribution in [-0.2, 0) is 0 Å². The van der Waals surface area contributed by atoms with E-state index in [4.69, 9.17) is 28.5 Å². The van der Waals surface area contributed by atoms with Crippen LogP contribution >= 0.6 is 23.2 Å². The molecule has 4 nitrogen and oxygen atoms in total. The van der Waals surface area contributed by atoms with Crippen LogP contribution in [0.1, 0.15) is 5.56 Å². The van der Waals surface area contributed by atoms with Gasteiger partial charge in [-0.1, -0.05) is 11.6 Å². The number of halogens is 2. The smallest absolute Gasteiger partial charge is 0.225 e. The molecular weight excluding hydrogens is 223 g/mol. The van der Waals surface area contributed by atoms with E-state index in [9.17, 15) is 0 Å². The van der Waals surface area contributed by atoms with E-state index in [2.05, 4.69) is 15.0 Å². The van der Waals surface area contributed by atoms with Gasteiger partial charge in [0.2, 0.25) is 5.28 Å². The molecule has 14 heavy (non-hydrogen) atoms. The molecule has 0 saturated carbocycles. The average Bonchev–Trinajstić information content (AvgIpc) is 2.17. The highest BCUT2D eigenvalue weighted by molar-refractivity contribution is 6.35. The Balaban J connectivity index is 2.84. The van der Waals surface area contributed by atoms with Crippen LogP contribution in [0, 0.1) is 11.3 Å². The maximum atomic E-state index is 8.64. The van der Waals surface area contributed by atoms with Crippen LogP contribution in [0.2, 0.25) is 10.4 Å². The summed E-state index contributed by atoms with van der Waals surface area (Å²) in [5.74, 6) is 0. The van der Waals surface area contributed by atoms with Crippen LogP contribution in [0.25, 0.3) is 11.0 Å². The Labute approximate surface area is 89.1 Å². The SMILES string of the molecule is N#Cc1cnc2nc(Cl)nc(Cl)c2c1. The van der Waals surface area contributed by atoms with E-state index in [1.165, 1.54) is 6.20 Å². The fourth-order valence-corrected chi connectivity index (χ4v) is 1.44. The molecule has 2 aromatic rings. The summed E-state index contributed by atoms with van der Waals surface area (Å²) in [4.78, 5) is 11.5. The van der Waals surface area contributed by atoms with Crippen molar-refractivity contribution in [3.63, 3.8) is 0 Å². The first-order valence-electron chi connectivity index (χ1n) is 3.59. The second-order valence-electron chi connectivity index (χ2n) is 2.49. The van der Waals surface area contributed by atoms with Gasteiger partial charge in [-0.2, -0.15) is 10.2 Å². The van der Waals surface area contributed by atoms with Gasteiger partial charge in [-0.05, 0) is 17.7 Å². The number of fused-ring (bicyclic) bond motifs is 1. The number of pyridine rings is 1. The highest BCUT2D eigenvalue weighted by Gasteiger charge is 2.06. The third-order valence-corrected chi connectivity index (χ3v) is 2.06. The lowest BCUT2D eigenvalue weighted by atomic mass is 10.2. The quantitative estimate of drug-likeness (QED) is 0.509. The predicted molar refractivity (Wildman–Crippen MR) is 52.1 cm³/mol. The van der Waals surface area contributed by atoms with Crippen molar-refractivity contribution >= 4 is 34.2 Å². The minimum Gasteiger partial charge on any atom is -0.235 e. The summed E-state index contributed by atoms with van der Waals surface area (Å²) in [7, 11) is 0. The van der Waals surface area contributed by atoms with Gasteiger partial charge >= 0.3 is 0 Å². The Bertz CT molecular complexity index is 547. The summed E-state index contributed by atoms with van der Waals surface area (Å²) < 4.78 is 0. The van der Waals surface area contributed by atoms with Gasteiger partial charge in [0.25, 0.3) is 0 Å². The summed E-state index contributed by atoms with van der Waals surface area (Å²) in [6, 6.07) is 3.52. The Morgan fingerprint density at radius 2 is 2.07 bits per heavy atom. The fourth-order valence-electron chi connectivity index (χ4n) is 1.01. The largest absolute Gasteiger partial charge is 0.235 e. The highest BCUT2D eigenvalue weighted by Crippen LogP contribution is 2.20. The summed E-state index contributed by atoms with van der Waals surface area (Å²) in [5, 5.41) is 9.41. The molecule has 2 heterocycles. The van der Waals surface area contributed by atoms with Crippen molar-refractivity contribution < 1.29 is 0 Å². The van der Waals surface area contributed by atoms with Crippen LogP contribution in [0.15, 0.2) is 12.3 Å². The van der Waals surface area contributed by atoms with Crippen LogP contribution < -0.4 is 0 Å². The Morgan fingerprint density at radius 1 is 1.29 bits per heavy atom. The number of aromatic nitrogens is 3. The van der Waals surface area contributed by atoms with E-state index < -0.39 is 0 Å². The Kier molecular flexibility index (Phi) is 2.20. The zero-order chi connectivity index (χ0) is 10.1. The molecule has 2 aromatic heterocycles. The van der Waals surface area contributed by atoms with Gasteiger partial charge in [0.15, 0.2) is 5.65 Å². The topological polar surface area (TPSA) is 62.5 Å². The van der Waals surface area contributed by atoms with Gasteiger partial charge in [0, 0.05) is 6.20 Å². The van der Waals surface area contributed by atoms with Crippen molar-refractivity contribution in [3.8, 4) is 6.07 Å². The van der Waals surface area contributed by atoms with Crippen LogP contribution in [0.3, 0.4) is 0 Å². The van der Waals surface area contributed by atoms with E-state index >= 15 is 0 Å². The molecule has 0 bridgehead atoms. The fraction of sp³-hybridized carbons (Fsp3) is 0. The molecule has 0 aliphatic rings. The van der Waals surface area contributed by atoms with Crippen molar-refractivity contribution in [2.24, 2.45) is 0 Å². The summed E-state index contributed by atoms with van der Waals surface area (Å²) >= 11 is 11.4. The summed E-state index contributed by atoms with van der Waals surface area (Å²) in [6.07, 6.45) is 1.40. The predicted octanol–water partition coefficient (Wildman–Crippen LogP) is 2.20. The van der Waals surface area contributed by atoms with Gasteiger partial charge in [-0.25, -0.2) is 9.97 Å². The van der Waals surface area contributed by atoms with E-state index in [0.717, 1.165) is 0 Å². The number of hydrogen-bond donors (Lipinski definition) is 0. The van der Waals surface area contributed by atoms with E-state index in [0.29, 0.717) is 16.6 Å². The van der Waals surface area contributed by atoms with Crippen LogP contribution in [0.5, 0.6) is 0 Å². The van der Waals surface area contributed by atoms with Gasteiger partial charge < -0.3 is 0 Å². The van der Waals surface area contributed by atoms with Gasteiger partial charge in [0.1, 0.15) is 11.2 Å². The molecule has 0 unspecified atom stereocenters. The molecule has 0 radical (unpaired) electrons. The molecule has 6 heteroatoms. The zero-order valence-electron chi connectivity index (χ0n) is 6.70. The molecule has 68 valence electrons. The second-order valence-corrected chi connectivity index (χ2v) is 3.19. The molecule has 0 aromatic carbocycles. The molecule has 0 aliphatic carbocycles. The van der Waals surface area contributed by atoms with Crippen molar-refractivity contribution in [1.82, 2.24) is 15.0 Å². The summed E-state index contributed by atoms with van der Waals surface area (Å²) in [5.41, 5.74) is 0.791. The van der Waals surface area contributed by atoms with Crippen molar-refractivity contribution in [3.05, 3.63) is 28.3 Å². The lowest BCUT2D eigenvalue weighted by Gasteiger charge is -1.98. The third-order valence-electron chi connectivity index (χ3n) is 1.61. The van der Waals surface area contributed by atoms with E-state index in [1.807, 2.05) is 6.07 Å². The molecule has 0 fully saturated rings. The monoisotopic (exact) mass is 224 g/mol. The minimum atomic E-state index is 0.0414. The number of rotatable bonds is 0.